The Hall–Kier alpha value is -1.63. The predicted molar refractivity (Wildman–Crippen MR) is 82.4 cm³/mol. The molecule has 0 unspecified atom stereocenters. The van der Waals surface area contributed by atoms with Gasteiger partial charge in [0.25, 0.3) is 0 Å². The third-order valence-electron chi connectivity index (χ3n) is 5.74. The van der Waals surface area contributed by atoms with Crippen LogP contribution in [0.25, 0.3) is 0 Å². The molecule has 4 rings (SSSR count). The fourth-order valence-corrected chi connectivity index (χ4v) is 4.69. The average molecular weight is 320 g/mol. The van der Waals surface area contributed by atoms with E-state index in [1.165, 1.54) is 0 Å². The van der Waals surface area contributed by atoms with E-state index >= 15 is 0 Å². The van der Waals surface area contributed by atoms with Gasteiger partial charge in [-0.05, 0) is 24.2 Å². The molecule has 0 bridgehead atoms. The van der Waals surface area contributed by atoms with Gasteiger partial charge in [0.05, 0.1) is 18.6 Å². The summed E-state index contributed by atoms with van der Waals surface area (Å²) in [6, 6.07) is 0.0708. The molecule has 0 aromatic carbocycles. The number of hydrogen-bond donors (Lipinski definition) is 1. The molecule has 7 nitrogen and oxygen atoms in total. The van der Waals surface area contributed by atoms with Gasteiger partial charge >= 0.3 is 6.01 Å². The van der Waals surface area contributed by atoms with Crippen molar-refractivity contribution in [3.8, 4) is 0 Å². The molecular weight excluding hydrogens is 296 g/mol. The van der Waals surface area contributed by atoms with Crippen LogP contribution < -0.4 is 5.73 Å². The number of carbonyl (C=O) groups excluding carboxylic acids is 1. The first-order chi connectivity index (χ1) is 10.9. The summed E-state index contributed by atoms with van der Waals surface area (Å²) in [6.07, 6.45) is 2.94. The normalized spacial score (nSPS) is 32.8. The van der Waals surface area contributed by atoms with E-state index in [2.05, 4.69) is 24.0 Å². The summed E-state index contributed by atoms with van der Waals surface area (Å²) in [4.78, 5) is 14.6. The van der Waals surface area contributed by atoms with Crippen LogP contribution in [0.4, 0.5) is 6.01 Å². The molecule has 2 N–H and O–H groups in total. The summed E-state index contributed by atoms with van der Waals surface area (Å²) in [6.45, 7) is 6.97. The minimum Gasteiger partial charge on any atom is -0.407 e. The van der Waals surface area contributed by atoms with Crippen molar-refractivity contribution in [2.45, 2.75) is 38.5 Å². The third kappa shape index (κ3) is 2.41. The Balaban J connectivity index is 1.46. The molecule has 3 aliphatic rings. The second-order valence-corrected chi connectivity index (χ2v) is 8.23. The van der Waals surface area contributed by atoms with Crippen molar-refractivity contribution in [2.75, 3.05) is 32.0 Å². The lowest BCUT2D eigenvalue weighted by Gasteiger charge is -2.42. The summed E-state index contributed by atoms with van der Waals surface area (Å²) in [5.74, 6) is 1.50. The van der Waals surface area contributed by atoms with Crippen LogP contribution in [0.5, 0.6) is 0 Å². The average Bonchev–Trinajstić information content (AvgIpc) is 3.09. The Morgan fingerprint density at radius 3 is 2.83 bits per heavy atom. The van der Waals surface area contributed by atoms with Crippen molar-refractivity contribution in [3.63, 3.8) is 0 Å². The van der Waals surface area contributed by atoms with Gasteiger partial charge in [0.1, 0.15) is 0 Å². The van der Waals surface area contributed by atoms with Crippen molar-refractivity contribution in [2.24, 2.45) is 17.3 Å². The molecule has 0 spiro atoms. The number of likely N-dealkylation sites (tertiary alicyclic amines) is 1. The smallest absolute Gasteiger partial charge is 0.312 e. The van der Waals surface area contributed by atoms with Crippen molar-refractivity contribution >= 4 is 11.9 Å². The molecule has 2 aliphatic heterocycles. The molecule has 7 heteroatoms. The second kappa shape index (κ2) is 4.93. The van der Waals surface area contributed by atoms with Crippen LogP contribution in [-0.2, 0) is 14.9 Å². The van der Waals surface area contributed by atoms with Gasteiger partial charge in [-0.25, -0.2) is 0 Å². The fourth-order valence-electron chi connectivity index (χ4n) is 4.69. The SMILES string of the molecule is CC1(C)CC(CC(=O)N2C[C@H]3COC[C@@]3(c3nnc(N)o3)C2)C1. The molecule has 1 aromatic heterocycles. The summed E-state index contributed by atoms with van der Waals surface area (Å²) >= 11 is 0. The minimum absolute atomic E-state index is 0.0708. The lowest BCUT2D eigenvalue weighted by atomic mass is 9.63. The maximum Gasteiger partial charge on any atom is 0.312 e. The van der Waals surface area contributed by atoms with E-state index in [9.17, 15) is 4.79 Å². The number of carbonyl (C=O) groups is 1. The van der Waals surface area contributed by atoms with Gasteiger partial charge in [0.2, 0.25) is 11.8 Å². The largest absolute Gasteiger partial charge is 0.407 e. The van der Waals surface area contributed by atoms with Crippen LogP contribution in [0.1, 0.15) is 39.0 Å². The van der Waals surface area contributed by atoms with Crippen LogP contribution in [0.3, 0.4) is 0 Å². The van der Waals surface area contributed by atoms with Crippen LogP contribution in [0.15, 0.2) is 4.42 Å². The maximum atomic E-state index is 12.7. The van der Waals surface area contributed by atoms with Gasteiger partial charge in [-0.2, -0.15) is 0 Å². The number of fused-ring (bicyclic) bond motifs is 1. The number of rotatable bonds is 3. The van der Waals surface area contributed by atoms with E-state index in [-0.39, 0.29) is 23.3 Å². The Morgan fingerprint density at radius 1 is 1.39 bits per heavy atom. The molecule has 3 heterocycles. The fraction of sp³-hybridized carbons (Fsp3) is 0.812. The molecule has 1 aliphatic carbocycles. The zero-order valence-electron chi connectivity index (χ0n) is 13.7. The van der Waals surface area contributed by atoms with Gasteiger partial charge < -0.3 is 19.8 Å². The highest BCUT2D eigenvalue weighted by Gasteiger charge is 2.56. The lowest BCUT2D eigenvalue weighted by Crippen LogP contribution is -2.40. The Labute approximate surface area is 135 Å². The molecule has 0 radical (unpaired) electrons. The van der Waals surface area contributed by atoms with Crippen LogP contribution in [0.2, 0.25) is 0 Å². The highest BCUT2D eigenvalue weighted by molar-refractivity contribution is 5.77. The van der Waals surface area contributed by atoms with Gasteiger partial charge in [-0.15, -0.1) is 5.10 Å². The number of nitrogen functional groups attached to an aromatic ring is 1. The number of nitrogens with zero attached hydrogens (tertiary/aromatic N) is 3. The molecule has 1 aromatic rings. The molecule has 2 atom stereocenters. The lowest BCUT2D eigenvalue weighted by molar-refractivity contribution is -0.133. The number of nitrogens with two attached hydrogens (primary N) is 1. The summed E-state index contributed by atoms with van der Waals surface area (Å²) in [7, 11) is 0. The van der Waals surface area contributed by atoms with E-state index in [4.69, 9.17) is 14.9 Å². The number of hydrogen-bond acceptors (Lipinski definition) is 6. The van der Waals surface area contributed by atoms with E-state index in [0.29, 0.717) is 49.9 Å². The van der Waals surface area contributed by atoms with Crippen molar-refractivity contribution in [3.05, 3.63) is 5.89 Å². The third-order valence-corrected chi connectivity index (χ3v) is 5.74. The van der Waals surface area contributed by atoms with Gasteiger partial charge in [-0.3, -0.25) is 4.79 Å². The molecular formula is C16H24N4O3. The van der Waals surface area contributed by atoms with E-state index < -0.39 is 0 Å². The van der Waals surface area contributed by atoms with E-state index in [1.807, 2.05) is 4.90 Å². The van der Waals surface area contributed by atoms with Crippen molar-refractivity contribution in [1.82, 2.24) is 15.1 Å². The predicted octanol–water partition coefficient (Wildman–Crippen LogP) is 1.20. The number of aromatic nitrogens is 2. The van der Waals surface area contributed by atoms with E-state index in [0.717, 1.165) is 12.8 Å². The summed E-state index contributed by atoms with van der Waals surface area (Å²) in [5.41, 5.74) is 5.61. The molecule has 23 heavy (non-hydrogen) atoms. The van der Waals surface area contributed by atoms with Crippen LogP contribution >= 0.6 is 0 Å². The standard InChI is InChI=1S/C16H24N4O3/c1-15(2)4-10(5-15)3-12(21)20-6-11-7-22-9-16(11,8-20)13-18-19-14(17)23-13/h10-11H,3-9H2,1-2H3,(H2,17,19)/t11-,16-/m0/s1. The number of amides is 1. The van der Waals surface area contributed by atoms with Crippen LogP contribution in [0, 0.1) is 17.3 Å². The highest BCUT2D eigenvalue weighted by Crippen LogP contribution is 2.48. The van der Waals surface area contributed by atoms with Gasteiger partial charge in [0, 0.05) is 25.4 Å². The first-order valence-corrected chi connectivity index (χ1v) is 8.33. The highest BCUT2D eigenvalue weighted by atomic mass is 16.5. The zero-order chi connectivity index (χ0) is 16.2. The number of anilines is 1. The minimum atomic E-state index is -0.376. The van der Waals surface area contributed by atoms with Crippen molar-refractivity contribution < 1.29 is 13.9 Å². The van der Waals surface area contributed by atoms with Gasteiger partial charge in [-0.1, -0.05) is 18.9 Å². The first-order valence-electron chi connectivity index (χ1n) is 8.33. The monoisotopic (exact) mass is 320 g/mol. The summed E-state index contributed by atoms with van der Waals surface area (Å²) in [5, 5.41) is 7.85. The molecule has 3 fully saturated rings. The Morgan fingerprint density at radius 2 is 2.17 bits per heavy atom. The van der Waals surface area contributed by atoms with Crippen molar-refractivity contribution in [1.29, 1.82) is 0 Å². The Kier molecular flexibility index (Phi) is 3.20. The molecule has 126 valence electrons. The topological polar surface area (TPSA) is 94.5 Å². The molecule has 1 saturated carbocycles. The van der Waals surface area contributed by atoms with Crippen LogP contribution in [-0.4, -0.2) is 47.3 Å². The van der Waals surface area contributed by atoms with E-state index in [1.54, 1.807) is 0 Å². The maximum absolute atomic E-state index is 12.7. The zero-order valence-corrected chi connectivity index (χ0v) is 13.7. The molecule has 2 saturated heterocycles. The van der Waals surface area contributed by atoms with Gasteiger partial charge in [0.15, 0.2) is 0 Å². The number of ether oxygens (including phenoxy) is 1. The molecule has 1 amide bonds. The summed E-state index contributed by atoms with van der Waals surface area (Å²) < 4.78 is 11.1. The quantitative estimate of drug-likeness (QED) is 0.899. The second-order valence-electron chi connectivity index (χ2n) is 8.23. The first kappa shape index (κ1) is 14.9. The Bertz CT molecular complexity index is 621.